The average molecular weight is 397 g/mol. The number of nitrogens with one attached hydrogen (secondary N) is 2. The number of rotatable bonds is 8. The molecule has 8 heteroatoms. The summed E-state index contributed by atoms with van der Waals surface area (Å²) in [5.74, 6) is 0.550. The first-order valence-corrected chi connectivity index (χ1v) is 9.66. The zero-order valence-corrected chi connectivity index (χ0v) is 17.0. The number of halogens is 1. The zero-order valence-electron chi connectivity index (χ0n) is 16.3. The van der Waals surface area contributed by atoms with Crippen molar-refractivity contribution < 1.29 is 14.3 Å². The Hall–Kier alpha value is -1.83. The molecule has 2 amide bonds. The van der Waals surface area contributed by atoms with Crippen molar-refractivity contribution in [3.8, 4) is 5.75 Å². The van der Waals surface area contributed by atoms with E-state index in [2.05, 4.69) is 27.4 Å². The highest BCUT2D eigenvalue weighted by Gasteiger charge is 2.21. The van der Waals surface area contributed by atoms with Gasteiger partial charge in [0, 0.05) is 37.9 Å². The topological polar surface area (TPSA) is 73.9 Å². The Labute approximate surface area is 166 Å². The van der Waals surface area contributed by atoms with Gasteiger partial charge in [-0.25, -0.2) is 0 Å². The van der Waals surface area contributed by atoms with Crippen LogP contribution in [0.4, 0.5) is 5.69 Å². The molecule has 0 saturated carbocycles. The molecule has 0 aromatic heterocycles. The summed E-state index contributed by atoms with van der Waals surface area (Å²) in [5.41, 5.74) is 0.645. The van der Waals surface area contributed by atoms with Crippen molar-refractivity contribution in [2.24, 2.45) is 0 Å². The normalized spacial score (nSPS) is 16.6. The molecule has 1 aromatic rings. The first-order chi connectivity index (χ1) is 12.9. The van der Waals surface area contributed by atoms with Gasteiger partial charge in [-0.05, 0) is 31.5 Å². The molecule has 1 saturated heterocycles. The van der Waals surface area contributed by atoms with E-state index in [0.717, 1.165) is 32.6 Å². The van der Waals surface area contributed by atoms with Gasteiger partial charge in [0.25, 0.3) is 0 Å². The molecule has 2 N–H and O–H groups in total. The highest BCUT2D eigenvalue weighted by Crippen LogP contribution is 2.27. The summed E-state index contributed by atoms with van der Waals surface area (Å²) in [6, 6.07) is 5.36. The SMILES string of the molecule is CC[C@@H](C)NC(=O)CN1CCN(CC(=O)Nc2ccc(OC)c(Cl)c2)CC1. The number of methoxy groups -OCH3 is 1. The molecule has 0 unspecified atom stereocenters. The lowest BCUT2D eigenvalue weighted by molar-refractivity contribution is -0.124. The number of carbonyl (C=O) groups is 2. The fraction of sp³-hybridized carbons (Fsp3) is 0.579. The minimum absolute atomic E-state index is 0.0620. The van der Waals surface area contributed by atoms with Crippen LogP contribution in [0.15, 0.2) is 18.2 Å². The summed E-state index contributed by atoms with van der Waals surface area (Å²) in [6.45, 7) is 7.84. The summed E-state index contributed by atoms with van der Waals surface area (Å²) in [4.78, 5) is 28.4. The molecule has 1 fully saturated rings. The number of amides is 2. The van der Waals surface area contributed by atoms with Crippen molar-refractivity contribution in [1.82, 2.24) is 15.1 Å². The van der Waals surface area contributed by atoms with Gasteiger partial charge >= 0.3 is 0 Å². The number of ether oxygens (including phenoxy) is 1. The van der Waals surface area contributed by atoms with E-state index in [1.54, 1.807) is 25.3 Å². The van der Waals surface area contributed by atoms with Crippen LogP contribution in [0.25, 0.3) is 0 Å². The maximum atomic E-state index is 12.3. The third-order valence-electron chi connectivity index (χ3n) is 4.65. The van der Waals surface area contributed by atoms with Crippen molar-refractivity contribution in [2.45, 2.75) is 26.3 Å². The number of hydrogen-bond donors (Lipinski definition) is 2. The number of piperazine rings is 1. The Morgan fingerprint density at radius 2 is 1.74 bits per heavy atom. The molecular formula is C19H29ClN4O3. The van der Waals surface area contributed by atoms with Gasteiger partial charge in [0.1, 0.15) is 5.75 Å². The van der Waals surface area contributed by atoms with Crippen LogP contribution in [-0.2, 0) is 9.59 Å². The highest BCUT2D eigenvalue weighted by molar-refractivity contribution is 6.32. The van der Waals surface area contributed by atoms with Crippen molar-refractivity contribution >= 4 is 29.1 Å². The molecule has 2 rings (SSSR count). The minimum atomic E-state index is -0.0841. The lowest BCUT2D eigenvalue weighted by Gasteiger charge is -2.34. The van der Waals surface area contributed by atoms with E-state index < -0.39 is 0 Å². The summed E-state index contributed by atoms with van der Waals surface area (Å²) >= 11 is 6.08. The second-order valence-electron chi connectivity index (χ2n) is 6.83. The Kier molecular flexibility index (Phi) is 8.34. The molecule has 1 aliphatic rings. The summed E-state index contributed by atoms with van der Waals surface area (Å²) < 4.78 is 5.11. The van der Waals surface area contributed by atoms with Crippen LogP contribution in [0.2, 0.25) is 5.02 Å². The van der Waals surface area contributed by atoms with Crippen molar-refractivity contribution in [2.75, 3.05) is 51.7 Å². The van der Waals surface area contributed by atoms with Gasteiger partial charge in [0.15, 0.2) is 0 Å². The second kappa shape index (κ2) is 10.5. The van der Waals surface area contributed by atoms with E-state index in [4.69, 9.17) is 16.3 Å². The molecule has 1 aromatic carbocycles. The number of benzene rings is 1. The quantitative estimate of drug-likeness (QED) is 0.701. The van der Waals surface area contributed by atoms with E-state index >= 15 is 0 Å². The fourth-order valence-electron chi connectivity index (χ4n) is 2.88. The summed E-state index contributed by atoms with van der Waals surface area (Å²) in [7, 11) is 1.55. The Balaban J connectivity index is 1.72. The first-order valence-electron chi connectivity index (χ1n) is 9.28. The highest BCUT2D eigenvalue weighted by atomic mass is 35.5. The van der Waals surface area contributed by atoms with E-state index in [1.165, 1.54) is 0 Å². The summed E-state index contributed by atoms with van der Waals surface area (Å²) in [6.07, 6.45) is 0.925. The molecule has 7 nitrogen and oxygen atoms in total. The second-order valence-corrected chi connectivity index (χ2v) is 7.23. The van der Waals surface area contributed by atoms with Crippen molar-refractivity contribution in [3.05, 3.63) is 23.2 Å². The average Bonchev–Trinajstić information content (AvgIpc) is 2.63. The molecule has 0 bridgehead atoms. The molecule has 27 heavy (non-hydrogen) atoms. The molecule has 150 valence electrons. The van der Waals surface area contributed by atoms with E-state index in [0.29, 0.717) is 29.5 Å². The number of anilines is 1. The predicted octanol–water partition coefficient (Wildman–Crippen LogP) is 1.82. The minimum Gasteiger partial charge on any atom is -0.495 e. The molecular weight excluding hydrogens is 368 g/mol. The van der Waals surface area contributed by atoms with Crippen LogP contribution in [0.5, 0.6) is 5.75 Å². The molecule has 0 aliphatic carbocycles. The van der Waals surface area contributed by atoms with E-state index in [-0.39, 0.29) is 17.9 Å². The molecule has 1 aliphatic heterocycles. The van der Waals surface area contributed by atoms with Crippen molar-refractivity contribution in [3.63, 3.8) is 0 Å². The van der Waals surface area contributed by atoms with Gasteiger partial charge in [-0.15, -0.1) is 0 Å². The van der Waals surface area contributed by atoms with Crippen LogP contribution in [0.1, 0.15) is 20.3 Å². The maximum absolute atomic E-state index is 12.3. The maximum Gasteiger partial charge on any atom is 0.238 e. The van der Waals surface area contributed by atoms with Gasteiger partial charge in [0.05, 0.1) is 25.2 Å². The number of nitrogens with zero attached hydrogens (tertiary/aromatic N) is 2. The third kappa shape index (κ3) is 7.01. The van der Waals surface area contributed by atoms with E-state index in [1.807, 2.05) is 6.92 Å². The molecule has 0 spiro atoms. The van der Waals surface area contributed by atoms with Crippen LogP contribution < -0.4 is 15.4 Å². The predicted molar refractivity (Wildman–Crippen MR) is 107 cm³/mol. The molecule has 1 atom stereocenters. The Morgan fingerprint density at radius 3 is 2.26 bits per heavy atom. The van der Waals surface area contributed by atoms with Gasteiger partial charge in [-0.2, -0.15) is 0 Å². The van der Waals surface area contributed by atoms with Gasteiger partial charge in [-0.3, -0.25) is 19.4 Å². The van der Waals surface area contributed by atoms with E-state index in [9.17, 15) is 9.59 Å². The van der Waals surface area contributed by atoms with Crippen LogP contribution in [0, 0.1) is 0 Å². The molecule has 0 radical (unpaired) electrons. The fourth-order valence-corrected chi connectivity index (χ4v) is 3.14. The third-order valence-corrected chi connectivity index (χ3v) is 4.95. The van der Waals surface area contributed by atoms with Crippen LogP contribution in [0.3, 0.4) is 0 Å². The summed E-state index contributed by atoms with van der Waals surface area (Å²) in [5, 5.41) is 6.29. The first kappa shape index (κ1) is 21.5. The van der Waals surface area contributed by atoms with Crippen LogP contribution >= 0.6 is 11.6 Å². The van der Waals surface area contributed by atoms with Gasteiger partial charge in [-0.1, -0.05) is 18.5 Å². The monoisotopic (exact) mass is 396 g/mol. The smallest absolute Gasteiger partial charge is 0.238 e. The van der Waals surface area contributed by atoms with Gasteiger partial charge in [0.2, 0.25) is 11.8 Å². The lowest BCUT2D eigenvalue weighted by Crippen LogP contribution is -2.51. The zero-order chi connectivity index (χ0) is 19.8. The number of hydrogen-bond acceptors (Lipinski definition) is 5. The Morgan fingerprint density at radius 1 is 1.15 bits per heavy atom. The standard InChI is InChI=1S/C19H29ClN4O3/c1-4-14(2)21-18(25)12-23-7-9-24(10-8-23)13-19(26)22-15-5-6-17(27-3)16(20)11-15/h5-6,11,14H,4,7-10,12-13H2,1-3H3,(H,21,25)(H,22,26)/t14-/m1/s1. The number of carbonyl (C=O) groups excluding carboxylic acids is 2. The Bertz CT molecular complexity index is 648. The van der Waals surface area contributed by atoms with Crippen LogP contribution in [-0.4, -0.2) is 74.0 Å². The van der Waals surface area contributed by atoms with Gasteiger partial charge < -0.3 is 15.4 Å². The largest absolute Gasteiger partial charge is 0.495 e. The molecule has 1 heterocycles. The van der Waals surface area contributed by atoms with Crippen molar-refractivity contribution in [1.29, 1.82) is 0 Å². The lowest BCUT2D eigenvalue weighted by atomic mass is 10.2.